The number of halogens is 1. The largest absolute Gasteiger partial charge is 0.598 e. The predicted molar refractivity (Wildman–Crippen MR) is 124 cm³/mol. The maximum Gasteiger partial charge on any atom is 0.419 e. The summed E-state index contributed by atoms with van der Waals surface area (Å²) in [6.45, 7) is 11.0. The highest BCUT2D eigenvalue weighted by Crippen LogP contribution is 2.27. The molecule has 0 amide bonds. The average molecular weight is 480 g/mol. The highest BCUT2D eigenvalue weighted by atomic mass is 32.2. The van der Waals surface area contributed by atoms with Crippen LogP contribution in [0.1, 0.15) is 62.6 Å². The first-order valence-corrected chi connectivity index (χ1v) is 12.0. The molecule has 0 saturated carbocycles. The Morgan fingerprint density at radius 1 is 1.25 bits per heavy atom. The maximum absolute atomic E-state index is 13.9. The van der Waals surface area contributed by atoms with Crippen LogP contribution in [0.5, 0.6) is 0 Å². The van der Waals surface area contributed by atoms with Crippen molar-refractivity contribution in [3.8, 4) is 0 Å². The Balaban J connectivity index is 1.91. The molecule has 10 heteroatoms. The van der Waals surface area contributed by atoms with Gasteiger partial charge in [-0.2, -0.15) is 0 Å². The first-order chi connectivity index (χ1) is 14.8. The maximum atomic E-state index is 13.9. The molecule has 1 N–H and O–H groups in total. The summed E-state index contributed by atoms with van der Waals surface area (Å²) in [6, 6.07) is 3.88. The minimum absolute atomic E-state index is 0.218. The molecule has 0 bridgehead atoms. The van der Waals surface area contributed by atoms with Crippen LogP contribution < -0.4 is 4.72 Å². The first-order valence-electron chi connectivity index (χ1n) is 9.95. The summed E-state index contributed by atoms with van der Waals surface area (Å²) >= 11 is -0.115. The van der Waals surface area contributed by atoms with Gasteiger partial charge in [0, 0.05) is 28.3 Å². The molecule has 0 spiro atoms. The Kier molecular flexibility index (Phi) is 6.80. The van der Waals surface area contributed by atoms with Crippen LogP contribution in [0.4, 0.5) is 9.18 Å². The van der Waals surface area contributed by atoms with Gasteiger partial charge in [-0.05, 0) is 59.7 Å². The van der Waals surface area contributed by atoms with Crippen LogP contribution in [0, 0.1) is 5.82 Å². The zero-order chi connectivity index (χ0) is 23.8. The number of hydrogen-bond acceptors (Lipinski definition) is 7. The molecular formula is C22H26FN3O4S2. The Labute approximate surface area is 193 Å². The Bertz CT molecular complexity index is 1160. The Hall–Kier alpha value is -2.27. The summed E-state index contributed by atoms with van der Waals surface area (Å²) in [7, 11) is 0. The number of carbonyl (C=O) groups excluding carboxylic acids is 2. The van der Waals surface area contributed by atoms with Crippen molar-refractivity contribution in [2.24, 2.45) is 0 Å². The number of ether oxygens (including phenoxy) is 1. The molecule has 172 valence electrons. The van der Waals surface area contributed by atoms with Gasteiger partial charge in [-0.1, -0.05) is 0 Å². The van der Waals surface area contributed by atoms with E-state index in [1.54, 1.807) is 26.2 Å². The van der Waals surface area contributed by atoms with Crippen LogP contribution in [0.2, 0.25) is 0 Å². The van der Waals surface area contributed by atoms with Gasteiger partial charge in [0.05, 0.1) is 23.3 Å². The molecule has 7 nitrogen and oxygen atoms in total. The van der Waals surface area contributed by atoms with Gasteiger partial charge in [-0.15, -0.1) is 16.1 Å². The number of nitrogens with one attached hydrogen (secondary N) is 1. The molecular weight excluding hydrogens is 453 g/mol. The van der Waals surface area contributed by atoms with Crippen molar-refractivity contribution in [1.82, 2.24) is 14.3 Å². The average Bonchev–Trinajstić information content (AvgIpc) is 3.28. The summed E-state index contributed by atoms with van der Waals surface area (Å²) in [6.07, 6.45) is 0.648. The van der Waals surface area contributed by atoms with Gasteiger partial charge >= 0.3 is 6.09 Å². The van der Waals surface area contributed by atoms with Crippen LogP contribution in [0.15, 0.2) is 29.8 Å². The van der Waals surface area contributed by atoms with Gasteiger partial charge in [0.25, 0.3) is 0 Å². The summed E-state index contributed by atoms with van der Waals surface area (Å²) in [5.74, 6) is -0.925. The van der Waals surface area contributed by atoms with E-state index in [-0.39, 0.29) is 22.6 Å². The lowest BCUT2D eigenvalue weighted by molar-refractivity contribution is 0.0544. The number of hydrogen-bond donors (Lipinski definition) is 1. The van der Waals surface area contributed by atoms with E-state index < -0.39 is 39.4 Å². The van der Waals surface area contributed by atoms with Crippen molar-refractivity contribution in [3.63, 3.8) is 0 Å². The van der Waals surface area contributed by atoms with Crippen LogP contribution in [-0.4, -0.2) is 36.3 Å². The zero-order valence-electron chi connectivity index (χ0n) is 18.8. The van der Waals surface area contributed by atoms with Crippen LogP contribution >= 0.6 is 11.3 Å². The van der Waals surface area contributed by atoms with Crippen LogP contribution in [0.3, 0.4) is 0 Å². The molecule has 0 aliphatic rings. The fraction of sp³-hybridized carbons (Fsp3) is 0.409. The number of fused-ring (bicyclic) bond motifs is 1. The fourth-order valence-corrected chi connectivity index (χ4v) is 4.29. The van der Waals surface area contributed by atoms with E-state index in [1.165, 1.54) is 24.4 Å². The minimum Gasteiger partial charge on any atom is -0.598 e. The van der Waals surface area contributed by atoms with Crippen LogP contribution in [-0.2, 0) is 22.6 Å². The van der Waals surface area contributed by atoms with Gasteiger partial charge in [-0.3, -0.25) is 9.36 Å². The monoisotopic (exact) mass is 479 g/mol. The summed E-state index contributed by atoms with van der Waals surface area (Å²) in [5.41, 5.74) is 0.285. The summed E-state index contributed by atoms with van der Waals surface area (Å²) < 4.78 is 35.1. The predicted octanol–water partition coefficient (Wildman–Crippen LogP) is 4.80. The number of thiazole rings is 1. The van der Waals surface area contributed by atoms with E-state index >= 15 is 0 Å². The lowest BCUT2D eigenvalue weighted by atomic mass is 10.1. The third kappa shape index (κ3) is 5.55. The number of carbonyl (C=O) groups is 2. The van der Waals surface area contributed by atoms with Crippen LogP contribution in [0.25, 0.3) is 10.9 Å². The van der Waals surface area contributed by atoms with Gasteiger partial charge in [-0.25, -0.2) is 14.2 Å². The van der Waals surface area contributed by atoms with Crippen molar-refractivity contribution < 1.29 is 23.3 Å². The molecule has 3 aromatic rings. The molecule has 0 aliphatic heterocycles. The van der Waals surface area contributed by atoms with Crippen molar-refractivity contribution in [3.05, 3.63) is 51.9 Å². The molecule has 3 rings (SSSR count). The number of rotatable bonds is 5. The Morgan fingerprint density at radius 3 is 2.56 bits per heavy atom. The molecule has 2 aromatic heterocycles. The number of aromatic nitrogens is 2. The van der Waals surface area contributed by atoms with Gasteiger partial charge in [0.15, 0.2) is 5.01 Å². The number of ketones is 1. The normalized spacial score (nSPS) is 13.4. The van der Waals surface area contributed by atoms with E-state index in [4.69, 9.17) is 4.74 Å². The summed E-state index contributed by atoms with van der Waals surface area (Å²) in [4.78, 5) is 30.2. The third-order valence-corrected chi connectivity index (χ3v) is 6.70. The second-order valence-corrected chi connectivity index (χ2v) is 12.1. The van der Waals surface area contributed by atoms with E-state index in [1.807, 2.05) is 20.8 Å². The van der Waals surface area contributed by atoms with Crippen molar-refractivity contribution >= 4 is 45.5 Å². The minimum atomic E-state index is -1.27. The third-order valence-electron chi connectivity index (χ3n) is 4.29. The standard InChI is InChI=1S/C22H26FN3O4S2/c1-21(2,3)30-20(28)26-11-16(15-8-7-13(23)9-17(15)26)18(27)19-25-14(12-31-19)10-24-32(29)22(4,5)6/h7-9,11-12,24H,10H2,1-6H3. The van der Waals surface area contributed by atoms with Crippen molar-refractivity contribution in [2.75, 3.05) is 0 Å². The van der Waals surface area contributed by atoms with E-state index in [0.29, 0.717) is 11.1 Å². The summed E-state index contributed by atoms with van der Waals surface area (Å²) in [5, 5.41) is 2.36. The number of nitrogens with zero attached hydrogens (tertiary/aromatic N) is 2. The molecule has 32 heavy (non-hydrogen) atoms. The second kappa shape index (κ2) is 8.93. The molecule has 1 unspecified atom stereocenters. The zero-order valence-corrected chi connectivity index (χ0v) is 20.4. The van der Waals surface area contributed by atoms with Crippen molar-refractivity contribution in [2.45, 2.75) is 58.4 Å². The first kappa shape index (κ1) is 24.4. The highest BCUT2D eigenvalue weighted by Gasteiger charge is 2.27. The van der Waals surface area contributed by atoms with Gasteiger partial charge in [0.2, 0.25) is 5.78 Å². The second-order valence-electron chi connectivity index (χ2n) is 9.23. The molecule has 1 aromatic carbocycles. The molecule has 0 aliphatic carbocycles. The fourth-order valence-electron chi connectivity index (χ4n) is 2.81. The smallest absolute Gasteiger partial charge is 0.419 e. The van der Waals surface area contributed by atoms with Crippen molar-refractivity contribution in [1.29, 1.82) is 0 Å². The topological polar surface area (TPSA) is 96.3 Å². The molecule has 2 heterocycles. The van der Waals surface area contributed by atoms with Gasteiger partial charge in [0.1, 0.15) is 16.2 Å². The molecule has 0 fully saturated rings. The molecule has 0 radical (unpaired) electrons. The lowest BCUT2D eigenvalue weighted by Crippen LogP contribution is -2.39. The molecule has 1 atom stereocenters. The van der Waals surface area contributed by atoms with Gasteiger partial charge < -0.3 is 9.29 Å². The van der Waals surface area contributed by atoms with E-state index in [9.17, 15) is 18.5 Å². The lowest BCUT2D eigenvalue weighted by Gasteiger charge is -2.23. The quantitative estimate of drug-likeness (QED) is 0.417. The number of benzene rings is 1. The van der Waals surface area contributed by atoms with E-state index in [0.717, 1.165) is 15.9 Å². The SMILES string of the molecule is CC(C)(C)OC(=O)n1cc(C(=O)c2nc(CN[S+]([O-])C(C)(C)C)cs2)c2ccc(F)cc21. The Morgan fingerprint density at radius 2 is 1.94 bits per heavy atom. The van der Waals surface area contributed by atoms with E-state index in [2.05, 4.69) is 9.71 Å². The molecule has 0 saturated heterocycles. The highest BCUT2D eigenvalue weighted by molar-refractivity contribution is 7.90.